The molecule has 3 heterocycles. The van der Waals surface area contributed by atoms with Gasteiger partial charge in [0.15, 0.2) is 0 Å². The van der Waals surface area contributed by atoms with Gasteiger partial charge in [-0.15, -0.1) is 0 Å². The molecule has 1 saturated carbocycles. The van der Waals surface area contributed by atoms with Crippen molar-refractivity contribution < 1.29 is 9.18 Å². The normalized spacial score (nSPS) is 31.4. The number of fused-ring (bicyclic) bond motifs is 3. The van der Waals surface area contributed by atoms with Crippen molar-refractivity contribution in [3.05, 3.63) is 29.6 Å². The summed E-state index contributed by atoms with van der Waals surface area (Å²) in [6.07, 6.45) is 5.90. The maximum absolute atomic E-state index is 14.9. The van der Waals surface area contributed by atoms with E-state index < -0.39 is 6.04 Å². The molecule has 0 radical (unpaired) electrons. The molecule has 160 valence electrons. The first-order chi connectivity index (χ1) is 14.6. The lowest BCUT2D eigenvalue weighted by atomic mass is 9.98. The predicted molar refractivity (Wildman–Crippen MR) is 113 cm³/mol. The second-order valence-corrected chi connectivity index (χ2v) is 9.36. The van der Waals surface area contributed by atoms with Gasteiger partial charge in [-0.3, -0.25) is 9.69 Å². The fourth-order valence-corrected chi connectivity index (χ4v) is 5.88. The van der Waals surface area contributed by atoms with E-state index in [1.807, 2.05) is 6.07 Å². The summed E-state index contributed by atoms with van der Waals surface area (Å²) >= 11 is 0. The average molecular weight is 412 g/mol. The van der Waals surface area contributed by atoms with Crippen molar-refractivity contribution in [1.29, 1.82) is 5.26 Å². The minimum atomic E-state index is -0.721. The van der Waals surface area contributed by atoms with Crippen molar-refractivity contribution in [3.63, 3.8) is 0 Å². The SMILES string of the molecule is N#C[C@H](Cc1ccc(N2CCN3CCC[C@H]3C2)cc1F)NC(=O)C1NC2CCC1C2. The zero-order valence-electron chi connectivity index (χ0n) is 17.3. The van der Waals surface area contributed by atoms with Crippen LogP contribution in [0.25, 0.3) is 0 Å². The highest BCUT2D eigenvalue weighted by molar-refractivity contribution is 5.83. The Morgan fingerprint density at radius 3 is 2.93 bits per heavy atom. The van der Waals surface area contributed by atoms with E-state index in [2.05, 4.69) is 26.5 Å². The minimum absolute atomic E-state index is 0.125. The Balaban J connectivity index is 1.21. The monoisotopic (exact) mass is 411 g/mol. The summed E-state index contributed by atoms with van der Waals surface area (Å²) < 4.78 is 14.9. The Labute approximate surface area is 177 Å². The predicted octanol–water partition coefficient (Wildman–Crippen LogP) is 1.80. The van der Waals surface area contributed by atoms with E-state index in [1.54, 1.807) is 12.1 Å². The largest absolute Gasteiger partial charge is 0.369 e. The number of hydrogen-bond acceptors (Lipinski definition) is 5. The van der Waals surface area contributed by atoms with Crippen molar-refractivity contribution in [2.45, 2.75) is 62.7 Å². The number of amides is 1. The zero-order valence-corrected chi connectivity index (χ0v) is 17.3. The van der Waals surface area contributed by atoms with Crippen LogP contribution in [0.4, 0.5) is 10.1 Å². The van der Waals surface area contributed by atoms with Gasteiger partial charge in [-0.25, -0.2) is 4.39 Å². The fraction of sp³-hybridized carbons (Fsp3) is 0.652. The molecular formula is C23H30FN5O. The number of carbonyl (C=O) groups excluding carboxylic acids is 1. The van der Waals surface area contributed by atoms with Gasteiger partial charge in [0, 0.05) is 43.8 Å². The molecule has 30 heavy (non-hydrogen) atoms. The van der Waals surface area contributed by atoms with E-state index in [-0.39, 0.29) is 24.2 Å². The van der Waals surface area contributed by atoms with Crippen molar-refractivity contribution in [3.8, 4) is 6.07 Å². The molecule has 4 fully saturated rings. The van der Waals surface area contributed by atoms with E-state index in [4.69, 9.17) is 0 Å². The van der Waals surface area contributed by atoms with Gasteiger partial charge in [-0.05, 0) is 62.3 Å². The first-order valence-corrected chi connectivity index (χ1v) is 11.3. The summed E-state index contributed by atoms with van der Waals surface area (Å²) in [6.45, 7) is 4.09. The number of benzene rings is 1. The van der Waals surface area contributed by atoms with Crippen LogP contribution in [0.15, 0.2) is 18.2 Å². The first kappa shape index (κ1) is 19.8. The molecule has 1 aliphatic carbocycles. The van der Waals surface area contributed by atoms with Gasteiger partial charge in [0.2, 0.25) is 5.91 Å². The van der Waals surface area contributed by atoms with Crippen LogP contribution in [0.2, 0.25) is 0 Å². The first-order valence-electron chi connectivity index (χ1n) is 11.3. The molecule has 5 rings (SSSR count). The number of nitrogens with zero attached hydrogens (tertiary/aromatic N) is 3. The summed E-state index contributed by atoms with van der Waals surface area (Å²) in [5.74, 6) is -0.0557. The molecule has 4 aliphatic rings. The molecule has 2 N–H and O–H groups in total. The quantitative estimate of drug-likeness (QED) is 0.773. The Morgan fingerprint density at radius 1 is 1.30 bits per heavy atom. The van der Waals surface area contributed by atoms with Crippen LogP contribution < -0.4 is 15.5 Å². The highest BCUT2D eigenvalue weighted by atomic mass is 19.1. The van der Waals surface area contributed by atoms with Crippen molar-refractivity contribution in [2.75, 3.05) is 31.1 Å². The highest BCUT2D eigenvalue weighted by Gasteiger charge is 2.43. The molecule has 0 spiro atoms. The molecule has 1 amide bonds. The third kappa shape index (κ3) is 3.79. The number of piperidine rings is 1. The van der Waals surface area contributed by atoms with Gasteiger partial charge < -0.3 is 15.5 Å². The molecule has 0 aromatic heterocycles. The maximum Gasteiger partial charge on any atom is 0.238 e. The van der Waals surface area contributed by atoms with E-state index in [9.17, 15) is 14.4 Å². The van der Waals surface area contributed by atoms with Crippen molar-refractivity contribution in [2.24, 2.45) is 5.92 Å². The van der Waals surface area contributed by atoms with Gasteiger partial charge in [0.1, 0.15) is 11.9 Å². The summed E-state index contributed by atoms with van der Waals surface area (Å²) in [5.41, 5.74) is 1.39. The third-order valence-electron chi connectivity index (χ3n) is 7.53. The number of carbonyl (C=O) groups is 1. The van der Waals surface area contributed by atoms with Gasteiger partial charge in [-0.1, -0.05) is 6.07 Å². The van der Waals surface area contributed by atoms with Crippen LogP contribution in [0, 0.1) is 23.1 Å². The van der Waals surface area contributed by atoms with Crippen LogP contribution in [-0.4, -0.2) is 61.2 Å². The molecule has 2 bridgehead atoms. The minimum Gasteiger partial charge on any atom is -0.369 e. The van der Waals surface area contributed by atoms with E-state index >= 15 is 0 Å². The Kier molecular flexibility index (Phi) is 5.38. The van der Waals surface area contributed by atoms with Crippen LogP contribution in [0.1, 0.15) is 37.7 Å². The lowest BCUT2D eigenvalue weighted by Gasteiger charge is -2.38. The summed E-state index contributed by atoms with van der Waals surface area (Å²) in [7, 11) is 0. The molecule has 5 atom stereocenters. The van der Waals surface area contributed by atoms with Gasteiger partial charge >= 0.3 is 0 Å². The second-order valence-electron chi connectivity index (χ2n) is 9.36. The molecule has 6 nitrogen and oxygen atoms in total. The highest BCUT2D eigenvalue weighted by Crippen LogP contribution is 2.35. The number of nitriles is 1. The standard InChI is InChI=1S/C23H30FN5O/c24-21-12-19(29-9-8-28-7-1-2-20(28)14-29)6-4-15(21)10-18(13-25)27-23(30)22-16-3-5-17(11-16)26-22/h4,6,12,16-18,20,22,26H,1-3,5,7-11,14H2,(H,27,30)/t16?,17?,18-,20-,22?/m0/s1. The molecule has 3 aliphatic heterocycles. The maximum atomic E-state index is 14.9. The average Bonchev–Trinajstić information content (AvgIpc) is 3.50. The number of halogens is 1. The van der Waals surface area contributed by atoms with Gasteiger partial charge in [0.25, 0.3) is 0 Å². The summed E-state index contributed by atoms with van der Waals surface area (Å²) in [6, 6.07) is 7.55. The summed E-state index contributed by atoms with van der Waals surface area (Å²) in [5, 5.41) is 15.7. The lowest BCUT2D eigenvalue weighted by molar-refractivity contribution is -0.124. The number of anilines is 1. The number of nitrogens with one attached hydrogen (secondary N) is 2. The summed E-state index contributed by atoms with van der Waals surface area (Å²) in [4.78, 5) is 17.4. The number of hydrogen-bond donors (Lipinski definition) is 2. The molecule has 1 aromatic carbocycles. The Bertz CT molecular complexity index is 854. The van der Waals surface area contributed by atoms with E-state index in [0.717, 1.165) is 44.6 Å². The second kappa shape index (κ2) is 8.16. The molecular weight excluding hydrogens is 381 g/mol. The molecule has 7 heteroatoms. The topological polar surface area (TPSA) is 71.4 Å². The molecule has 3 unspecified atom stereocenters. The molecule has 3 saturated heterocycles. The smallest absolute Gasteiger partial charge is 0.238 e. The van der Waals surface area contributed by atoms with E-state index in [0.29, 0.717) is 23.6 Å². The third-order valence-corrected chi connectivity index (χ3v) is 7.53. The zero-order chi connectivity index (χ0) is 20.7. The fourth-order valence-electron chi connectivity index (χ4n) is 5.88. The van der Waals surface area contributed by atoms with Gasteiger partial charge in [-0.2, -0.15) is 5.26 Å². The van der Waals surface area contributed by atoms with Crippen LogP contribution in [0.3, 0.4) is 0 Å². The van der Waals surface area contributed by atoms with Crippen LogP contribution in [-0.2, 0) is 11.2 Å². The molecule has 1 aromatic rings. The Hall–Kier alpha value is -2.17. The Morgan fingerprint density at radius 2 is 2.20 bits per heavy atom. The van der Waals surface area contributed by atoms with Crippen molar-refractivity contribution in [1.82, 2.24) is 15.5 Å². The van der Waals surface area contributed by atoms with Crippen LogP contribution >= 0.6 is 0 Å². The van der Waals surface area contributed by atoms with Crippen LogP contribution in [0.5, 0.6) is 0 Å². The lowest BCUT2D eigenvalue weighted by Crippen LogP contribution is -2.50. The van der Waals surface area contributed by atoms with E-state index in [1.165, 1.54) is 19.4 Å². The number of piperazine rings is 1. The number of rotatable bonds is 5. The van der Waals surface area contributed by atoms with Crippen molar-refractivity contribution >= 4 is 11.6 Å². The van der Waals surface area contributed by atoms with Gasteiger partial charge in [0.05, 0.1) is 12.1 Å².